The van der Waals surface area contributed by atoms with Gasteiger partial charge in [0.05, 0.1) is 11.4 Å². The lowest BCUT2D eigenvalue weighted by Gasteiger charge is -2.10. The molecule has 0 saturated carbocycles. The van der Waals surface area contributed by atoms with Crippen molar-refractivity contribution in [3.8, 4) is 0 Å². The van der Waals surface area contributed by atoms with Crippen molar-refractivity contribution in [1.82, 2.24) is 14.5 Å². The SMILES string of the molecule is NCc1ccccc1S(=O)(=O)NCCn1cccn1. The number of sulfonamides is 1. The molecular weight excluding hydrogens is 264 g/mol. The van der Waals surface area contributed by atoms with E-state index in [9.17, 15) is 8.42 Å². The minimum absolute atomic E-state index is 0.191. The van der Waals surface area contributed by atoms with E-state index in [1.165, 1.54) is 0 Å². The number of hydrogen-bond donors (Lipinski definition) is 2. The van der Waals surface area contributed by atoms with Gasteiger partial charge in [-0.15, -0.1) is 0 Å². The Kier molecular flexibility index (Phi) is 4.31. The van der Waals surface area contributed by atoms with Crippen molar-refractivity contribution in [2.75, 3.05) is 6.54 Å². The van der Waals surface area contributed by atoms with E-state index in [0.717, 1.165) is 0 Å². The van der Waals surface area contributed by atoms with Gasteiger partial charge in [-0.1, -0.05) is 18.2 Å². The highest BCUT2D eigenvalue weighted by Crippen LogP contribution is 2.14. The van der Waals surface area contributed by atoms with Crippen LogP contribution in [0.15, 0.2) is 47.6 Å². The third-order valence-corrected chi connectivity index (χ3v) is 4.24. The molecular formula is C12H16N4O2S. The van der Waals surface area contributed by atoms with Crippen molar-refractivity contribution in [1.29, 1.82) is 0 Å². The molecule has 0 fully saturated rings. The molecule has 0 atom stereocenters. The second-order valence-electron chi connectivity index (χ2n) is 3.98. The first kappa shape index (κ1) is 13.7. The fourth-order valence-corrected chi connectivity index (χ4v) is 3.01. The molecule has 7 heteroatoms. The Morgan fingerprint density at radius 1 is 1.26 bits per heavy atom. The highest BCUT2D eigenvalue weighted by Gasteiger charge is 2.16. The van der Waals surface area contributed by atoms with E-state index in [4.69, 9.17) is 5.73 Å². The van der Waals surface area contributed by atoms with Crippen LogP contribution < -0.4 is 10.5 Å². The second kappa shape index (κ2) is 5.96. The van der Waals surface area contributed by atoms with Crippen LogP contribution in [-0.2, 0) is 23.1 Å². The average Bonchev–Trinajstić information content (AvgIpc) is 2.91. The van der Waals surface area contributed by atoms with E-state index in [1.807, 2.05) is 0 Å². The molecule has 0 aliphatic heterocycles. The molecule has 3 N–H and O–H groups in total. The zero-order valence-corrected chi connectivity index (χ0v) is 11.2. The first-order chi connectivity index (χ1) is 9.13. The number of benzene rings is 1. The van der Waals surface area contributed by atoms with Crippen molar-refractivity contribution in [3.05, 3.63) is 48.3 Å². The number of aromatic nitrogens is 2. The van der Waals surface area contributed by atoms with Gasteiger partial charge < -0.3 is 5.73 Å². The summed E-state index contributed by atoms with van der Waals surface area (Å²) < 4.78 is 28.5. The lowest BCUT2D eigenvalue weighted by Crippen LogP contribution is -2.28. The van der Waals surface area contributed by atoms with Gasteiger partial charge >= 0.3 is 0 Å². The maximum Gasteiger partial charge on any atom is 0.240 e. The van der Waals surface area contributed by atoms with Crippen LogP contribution in [0.4, 0.5) is 0 Å². The van der Waals surface area contributed by atoms with Crippen molar-refractivity contribution >= 4 is 10.0 Å². The Hall–Kier alpha value is -1.70. The van der Waals surface area contributed by atoms with Gasteiger partial charge in [-0.3, -0.25) is 4.68 Å². The smallest absolute Gasteiger partial charge is 0.240 e. The summed E-state index contributed by atoms with van der Waals surface area (Å²) >= 11 is 0. The lowest BCUT2D eigenvalue weighted by molar-refractivity contribution is 0.560. The normalized spacial score (nSPS) is 11.6. The minimum Gasteiger partial charge on any atom is -0.326 e. The topological polar surface area (TPSA) is 90.0 Å². The standard InChI is InChI=1S/C12H16N4O2S/c13-10-11-4-1-2-5-12(11)19(17,18)15-7-9-16-8-3-6-14-16/h1-6,8,15H,7,9-10,13H2. The number of nitrogens with one attached hydrogen (secondary N) is 1. The Bertz CT molecular complexity index is 623. The third-order valence-electron chi connectivity index (χ3n) is 2.67. The largest absolute Gasteiger partial charge is 0.326 e. The van der Waals surface area contributed by atoms with Crippen LogP contribution in [0.3, 0.4) is 0 Å². The zero-order valence-electron chi connectivity index (χ0n) is 10.4. The molecule has 0 amide bonds. The van der Waals surface area contributed by atoms with Crippen molar-refractivity contribution in [3.63, 3.8) is 0 Å². The van der Waals surface area contributed by atoms with Gasteiger partial charge in [0.25, 0.3) is 0 Å². The minimum atomic E-state index is -3.53. The zero-order chi connectivity index (χ0) is 13.7. The molecule has 2 rings (SSSR count). The molecule has 0 bridgehead atoms. The first-order valence-corrected chi connectivity index (χ1v) is 7.37. The number of rotatable bonds is 6. The molecule has 1 aromatic carbocycles. The molecule has 102 valence electrons. The Balaban J connectivity index is 2.05. The van der Waals surface area contributed by atoms with Gasteiger partial charge in [0.15, 0.2) is 0 Å². The first-order valence-electron chi connectivity index (χ1n) is 5.88. The van der Waals surface area contributed by atoms with E-state index in [2.05, 4.69) is 9.82 Å². The summed E-state index contributed by atoms with van der Waals surface area (Å²) in [5.41, 5.74) is 6.15. The molecule has 0 aliphatic rings. The summed E-state index contributed by atoms with van der Waals surface area (Å²) in [6.07, 6.45) is 3.43. The van der Waals surface area contributed by atoms with Crippen LogP contribution >= 0.6 is 0 Å². The molecule has 1 heterocycles. The summed E-state index contributed by atoms with van der Waals surface area (Å²) in [6, 6.07) is 8.50. The van der Waals surface area contributed by atoms with E-state index in [-0.39, 0.29) is 18.0 Å². The maximum absolute atomic E-state index is 12.1. The number of nitrogens with zero attached hydrogens (tertiary/aromatic N) is 2. The van der Waals surface area contributed by atoms with Crippen LogP contribution in [0.5, 0.6) is 0 Å². The molecule has 2 aromatic rings. The van der Waals surface area contributed by atoms with E-state index in [1.54, 1.807) is 47.4 Å². The molecule has 0 saturated heterocycles. The van der Waals surface area contributed by atoms with Crippen LogP contribution in [0.1, 0.15) is 5.56 Å². The predicted octanol–water partition coefficient (Wildman–Crippen LogP) is 0.320. The Morgan fingerprint density at radius 3 is 2.74 bits per heavy atom. The van der Waals surface area contributed by atoms with Gasteiger partial charge in [-0.2, -0.15) is 5.10 Å². The summed E-state index contributed by atoms with van der Waals surface area (Å²) in [6.45, 7) is 0.955. The van der Waals surface area contributed by atoms with Crippen LogP contribution in [-0.4, -0.2) is 24.7 Å². The van der Waals surface area contributed by atoms with Gasteiger partial charge in [-0.05, 0) is 17.7 Å². The van der Waals surface area contributed by atoms with Crippen molar-refractivity contribution in [2.45, 2.75) is 18.0 Å². The molecule has 6 nitrogen and oxygen atoms in total. The van der Waals surface area contributed by atoms with Gasteiger partial charge in [0, 0.05) is 25.5 Å². The molecule has 0 spiro atoms. The molecule has 1 aromatic heterocycles. The highest BCUT2D eigenvalue weighted by atomic mass is 32.2. The third kappa shape index (κ3) is 3.40. The van der Waals surface area contributed by atoms with Crippen molar-refractivity contribution < 1.29 is 8.42 Å². The van der Waals surface area contributed by atoms with E-state index < -0.39 is 10.0 Å². The molecule has 19 heavy (non-hydrogen) atoms. The molecule has 0 aliphatic carbocycles. The predicted molar refractivity (Wildman–Crippen MR) is 71.7 cm³/mol. The monoisotopic (exact) mass is 280 g/mol. The van der Waals surface area contributed by atoms with Crippen LogP contribution in [0.25, 0.3) is 0 Å². The number of hydrogen-bond acceptors (Lipinski definition) is 4. The van der Waals surface area contributed by atoms with Gasteiger partial charge in [0.1, 0.15) is 0 Å². The Labute approximate surface area is 112 Å². The lowest BCUT2D eigenvalue weighted by atomic mass is 10.2. The highest BCUT2D eigenvalue weighted by molar-refractivity contribution is 7.89. The summed E-state index contributed by atoms with van der Waals surface area (Å²) in [4.78, 5) is 0.234. The summed E-state index contributed by atoms with van der Waals surface area (Å²) in [5.74, 6) is 0. The molecule has 0 radical (unpaired) electrons. The van der Waals surface area contributed by atoms with Gasteiger partial charge in [-0.25, -0.2) is 13.1 Å². The maximum atomic E-state index is 12.1. The van der Waals surface area contributed by atoms with Crippen molar-refractivity contribution in [2.24, 2.45) is 5.73 Å². The van der Waals surface area contributed by atoms with Crippen LogP contribution in [0, 0.1) is 0 Å². The van der Waals surface area contributed by atoms with Gasteiger partial charge in [0.2, 0.25) is 10.0 Å². The van der Waals surface area contributed by atoms with E-state index >= 15 is 0 Å². The van der Waals surface area contributed by atoms with Crippen LogP contribution in [0.2, 0.25) is 0 Å². The summed E-state index contributed by atoms with van der Waals surface area (Å²) in [5, 5.41) is 4.00. The summed E-state index contributed by atoms with van der Waals surface area (Å²) in [7, 11) is -3.53. The second-order valence-corrected chi connectivity index (χ2v) is 5.71. The number of nitrogens with two attached hydrogens (primary N) is 1. The quantitative estimate of drug-likeness (QED) is 0.797. The fraction of sp³-hybridized carbons (Fsp3) is 0.250. The Morgan fingerprint density at radius 2 is 2.05 bits per heavy atom. The van der Waals surface area contributed by atoms with E-state index in [0.29, 0.717) is 12.1 Å². The fourth-order valence-electron chi connectivity index (χ4n) is 1.74. The average molecular weight is 280 g/mol. The molecule has 0 unspecified atom stereocenters.